The van der Waals surface area contributed by atoms with Crippen molar-refractivity contribution in [1.82, 2.24) is 8.54 Å². The fourth-order valence-electron chi connectivity index (χ4n) is 4.86. The van der Waals surface area contributed by atoms with E-state index in [-0.39, 0.29) is 16.5 Å². The maximum Gasteiger partial charge on any atom is 0.268 e. The van der Waals surface area contributed by atoms with Crippen molar-refractivity contribution in [3.05, 3.63) is 113 Å². The molecule has 2 heterocycles. The lowest BCUT2D eigenvalue weighted by molar-refractivity contribution is 0.0974. The lowest BCUT2D eigenvalue weighted by atomic mass is 9.85. The van der Waals surface area contributed by atoms with Crippen LogP contribution in [-0.2, 0) is 17.1 Å². The first-order chi connectivity index (χ1) is 16.8. The van der Waals surface area contributed by atoms with Crippen molar-refractivity contribution in [3.8, 4) is 11.1 Å². The number of benzene rings is 3. The van der Waals surface area contributed by atoms with Gasteiger partial charge in [0.25, 0.3) is 10.0 Å². The number of aryl methyl sites for hydroxylation is 2. The minimum Gasteiger partial charge on any atom is -0.347 e. The summed E-state index contributed by atoms with van der Waals surface area (Å²) in [6.07, 6.45) is 3.28. The molecular formula is C28H20N2O4S. The highest BCUT2D eigenvalue weighted by atomic mass is 32.2. The van der Waals surface area contributed by atoms with Gasteiger partial charge in [-0.2, -0.15) is 0 Å². The molecule has 0 unspecified atom stereocenters. The second kappa shape index (κ2) is 7.38. The highest BCUT2D eigenvalue weighted by Crippen LogP contribution is 2.40. The number of aromatic nitrogens is 2. The number of nitrogens with zero attached hydrogens (tertiary/aromatic N) is 2. The summed E-state index contributed by atoms with van der Waals surface area (Å²) in [5.41, 5.74) is 3.90. The molecule has 6 nitrogen and oxygen atoms in total. The van der Waals surface area contributed by atoms with E-state index in [1.807, 2.05) is 19.1 Å². The minimum atomic E-state index is -3.90. The lowest BCUT2D eigenvalue weighted by Crippen LogP contribution is -2.22. The molecule has 0 spiro atoms. The number of hydrogen-bond donors (Lipinski definition) is 0. The van der Waals surface area contributed by atoms with Crippen LogP contribution in [0, 0.1) is 6.92 Å². The molecule has 0 saturated carbocycles. The van der Waals surface area contributed by atoms with E-state index >= 15 is 0 Å². The van der Waals surface area contributed by atoms with Crippen molar-refractivity contribution in [2.45, 2.75) is 11.8 Å². The minimum absolute atomic E-state index is 0.172. The van der Waals surface area contributed by atoms with Gasteiger partial charge in [-0.25, -0.2) is 12.4 Å². The van der Waals surface area contributed by atoms with Gasteiger partial charge in [0, 0.05) is 47.1 Å². The summed E-state index contributed by atoms with van der Waals surface area (Å²) in [4.78, 5) is 27.0. The van der Waals surface area contributed by atoms with Crippen molar-refractivity contribution in [2.75, 3.05) is 0 Å². The Balaban J connectivity index is 1.62. The van der Waals surface area contributed by atoms with Crippen LogP contribution in [0.4, 0.5) is 0 Å². The molecule has 0 bridgehead atoms. The molecule has 0 amide bonds. The Hall–Kier alpha value is -4.23. The Kier molecular flexibility index (Phi) is 4.50. The number of carbonyl (C=O) groups excluding carboxylic acids is 2. The molecule has 6 rings (SSSR count). The summed E-state index contributed by atoms with van der Waals surface area (Å²) in [6.45, 7) is 1.90. The first kappa shape index (κ1) is 21.3. The van der Waals surface area contributed by atoms with E-state index in [0.717, 1.165) is 5.56 Å². The van der Waals surface area contributed by atoms with Crippen LogP contribution in [0.2, 0.25) is 0 Å². The maximum absolute atomic E-state index is 13.6. The van der Waals surface area contributed by atoms with Gasteiger partial charge >= 0.3 is 0 Å². The summed E-state index contributed by atoms with van der Waals surface area (Å²) in [5, 5.41) is 0.677. The molecule has 3 aromatic carbocycles. The number of carbonyl (C=O) groups is 2. The van der Waals surface area contributed by atoms with Gasteiger partial charge < -0.3 is 4.57 Å². The van der Waals surface area contributed by atoms with Crippen molar-refractivity contribution in [1.29, 1.82) is 0 Å². The van der Waals surface area contributed by atoms with E-state index in [9.17, 15) is 18.0 Å². The molecule has 0 fully saturated rings. The zero-order valence-corrected chi connectivity index (χ0v) is 19.8. The SMILES string of the molecule is Cc1ccc(S(=O)(=O)n2cc(-c3cn(C)c4c3C(=O)c3ccccc3C4=O)c3ccccc32)cc1. The Morgan fingerprint density at radius 3 is 2.03 bits per heavy atom. The van der Waals surface area contributed by atoms with Crippen LogP contribution in [-0.4, -0.2) is 28.5 Å². The number of para-hydroxylation sites is 1. The Bertz CT molecular complexity index is 1810. The first-order valence-electron chi connectivity index (χ1n) is 11.1. The summed E-state index contributed by atoms with van der Waals surface area (Å²) < 4.78 is 30.1. The maximum atomic E-state index is 13.6. The summed E-state index contributed by atoms with van der Waals surface area (Å²) in [5.74, 6) is -0.469. The molecule has 0 radical (unpaired) electrons. The Morgan fingerprint density at radius 2 is 1.31 bits per heavy atom. The fraction of sp³-hybridized carbons (Fsp3) is 0.0714. The zero-order chi connectivity index (χ0) is 24.5. The van der Waals surface area contributed by atoms with Crippen LogP contribution in [0.3, 0.4) is 0 Å². The van der Waals surface area contributed by atoms with Crippen LogP contribution >= 0.6 is 0 Å². The van der Waals surface area contributed by atoms with Gasteiger partial charge in [0.1, 0.15) is 5.69 Å². The molecule has 0 saturated heterocycles. The van der Waals surface area contributed by atoms with Crippen molar-refractivity contribution in [2.24, 2.45) is 7.05 Å². The monoisotopic (exact) mass is 480 g/mol. The second-order valence-electron chi connectivity index (χ2n) is 8.75. The van der Waals surface area contributed by atoms with Gasteiger partial charge in [-0.15, -0.1) is 0 Å². The summed E-state index contributed by atoms with van der Waals surface area (Å²) in [6, 6.07) is 20.6. The van der Waals surface area contributed by atoms with E-state index < -0.39 is 10.0 Å². The highest BCUT2D eigenvalue weighted by Gasteiger charge is 2.35. The molecule has 35 heavy (non-hydrogen) atoms. The van der Waals surface area contributed by atoms with Gasteiger partial charge in [0.15, 0.2) is 5.78 Å². The van der Waals surface area contributed by atoms with E-state index in [1.54, 1.807) is 84.7 Å². The molecule has 2 aromatic heterocycles. The first-order valence-corrected chi connectivity index (χ1v) is 12.5. The van der Waals surface area contributed by atoms with E-state index in [2.05, 4.69) is 0 Å². The predicted molar refractivity (Wildman–Crippen MR) is 133 cm³/mol. The Morgan fingerprint density at radius 1 is 0.686 bits per heavy atom. The van der Waals surface area contributed by atoms with Crippen LogP contribution in [0.1, 0.15) is 37.5 Å². The largest absolute Gasteiger partial charge is 0.347 e. The standard InChI is InChI=1S/C28H20N2O4S/c1-17-11-13-18(14-12-17)35(33,34)30-16-22(19-7-5-6-10-24(19)30)23-15-29(2)26-25(23)27(31)20-8-3-4-9-21(20)28(26)32/h3-16H,1-2H3. The van der Waals surface area contributed by atoms with Crippen LogP contribution in [0.25, 0.3) is 22.0 Å². The third kappa shape index (κ3) is 2.98. The van der Waals surface area contributed by atoms with Crippen molar-refractivity contribution in [3.63, 3.8) is 0 Å². The second-order valence-corrected chi connectivity index (χ2v) is 10.6. The quantitative estimate of drug-likeness (QED) is 0.358. The molecule has 172 valence electrons. The third-order valence-corrected chi connectivity index (χ3v) is 8.27. The molecule has 0 N–H and O–H groups in total. The molecule has 7 heteroatoms. The summed E-state index contributed by atoms with van der Waals surface area (Å²) >= 11 is 0. The van der Waals surface area contributed by atoms with E-state index in [1.165, 1.54) is 3.97 Å². The summed E-state index contributed by atoms with van der Waals surface area (Å²) in [7, 11) is -2.17. The van der Waals surface area contributed by atoms with Gasteiger partial charge in [-0.1, -0.05) is 60.2 Å². The van der Waals surface area contributed by atoms with Gasteiger partial charge in [0.2, 0.25) is 5.78 Å². The average molecular weight is 481 g/mol. The van der Waals surface area contributed by atoms with Crippen LogP contribution in [0.15, 0.2) is 90.1 Å². The fourth-order valence-corrected chi connectivity index (χ4v) is 6.23. The smallest absolute Gasteiger partial charge is 0.268 e. The van der Waals surface area contributed by atoms with Crippen molar-refractivity contribution >= 4 is 32.5 Å². The predicted octanol–water partition coefficient (Wildman–Crippen LogP) is 4.97. The van der Waals surface area contributed by atoms with E-state index in [0.29, 0.717) is 44.4 Å². The van der Waals surface area contributed by atoms with Crippen LogP contribution in [0.5, 0.6) is 0 Å². The van der Waals surface area contributed by atoms with Gasteiger partial charge in [-0.3, -0.25) is 9.59 Å². The van der Waals surface area contributed by atoms with Crippen LogP contribution < -0.4 is 0 Å². The highest BCUT2D eigenvalue weighted by molar-refractivity contribution is 7.90. The molecule has 5 aromatic rings. The molecule has 0 atom stereocenters. The molecule has 1 aliphatic carbocycles. The molecule has 0 aliphatic heterocycles. The number of fused-ring (bicyclic) bond motifs is 3. The zero-order valence-electron chi connectivity index (χ0n) is 19.0. The number of ketones is 2. The van der Waals surface area contributed by atoms with Gasteiger partial charge in [0.05, 0.1) is 16.0 Å². The normalized spacial score (nSPS) is 13.2. The molecular weight excluding hydrogens is 460 g/mol. The number of rotatable bonds is 3. The lowest BCUT2D eigenvalue weighted by Gasteiger charge is -2.16. The molecule has 1 aliphatic rings. The van der Waals surface area contributed by atoms with Crippen molar-refractivity contribution < 1.29 is 18.0 Å². The topological polar surface area (TPSA) is 78.1 Å². The van der Waals surface area contributed by atoms with Gasteiger partial charge in [-0.05, 0) is 25.1 Å². The number of hydrogen-bond acceptors (Lipinski definition) is 4. The Labute approximate surface area is 202 Å². The van der Waals surface area contributed by atoms with E-state index in [4.69, 9.17) is 0 Å². The third-order valence-electron chi connectivity index (χ3n) is 6.59. The average Bonchev–Trinajstić information content (AvgIpc) is 3.41.